The van der Waals surface area contributed by atoms with Crippen LogP contribution in [0.2, 0.25) is 5.02 Å². The fourth-order valence-corrected chi connectivity index (χ4v) is 4.88. The van der Waals surface area contributed by atoms with Crippen LogP contribution >= 0.6 is 11.6 Å². The largest absolute Gasteiger partial charge is 0.376 e. The summed E-state index contributed by atoms with van der Waals surface area (Å²) in [6, 6.07) is 30.7. The van der Waals surface area contributed by atoms with Crippen molar-refractivity contribution >= 4 is 11.6 Å². The third-order valence-electron chi connectivity index (χ3n) is 6.19. The number of fused-ring (bicyclic) bond motifs is 2. The van der Waals surface area contributed by atoms with Crippen LogP contribution in [-0.2, 0) is 18.4 Å². The van der Waals surface area contributed by atoms with Crippen LogP contribution in [-0.4, -0.2) is 5.11 Å². The van der Waals surface area contributed by atoms with Crippen LogP contribution in [0, 0.1) is 6.92 Å². The molecule has 1 nitrogen and oxygen atoms in total. The van der Waals surface area contributed by atoms with E-state index in [9.17, 15) is 5.11 Å². The van der Waals surface area contributed by atoms with Crippen LogP contribution in [0.1, 0.15) is 33.4 Å². The Kier molecular flexibility index (Phi) is 4.73. The first-order valence-corrected chi connectivity index (χ1v) is 10.7. The van der Waals surface area contributed by atoms with Crippen molar-refractivity contribution in [1.29, 1.82) is 0 Å². The monoisotopic (exact) mass is 410 g/mol. The number of aryl methyl sites for hydroxylation is 3. The molecule has 1 N–H and O–H groups in total. The molecule has 0 fully saturated rings. The summed E-state index contributed by atoms with van der Waals surface area (Å²) < 4.78 is 0. The molecule has 148 valence electrons. The third-order valence-corrected chi connectivity index (χ3v) is 6.45. The van der Waals surface area contributed by atoms with Gasteiger partial charge in [-0.2, -0.15) is 0 Å². The van der Waals surface area contributed by atoms with Crippen molar-refractivity contribution in [1.82, 2.24) is 0 Å². The Bertz CT molecular complexity index is 1230. The molecule has 5 rings (SSSR count). The van der Waals surface area contributed by atoms with Crippen molar-refractivity contribution in [2.24, 2.45) is 0 Å². The van der Waals surface area contributed by atoms with E-state index in [2.05, 4.69) is 55.5 Å². The predicted molar refractivity (Wildman–Crippen MR) is 124 cm³/mol. The summed E-state index contributed by atoms with van der Waals surface area (Å²) in [4.78, 5) is 0. The average molecular weight is 411 g/mol. The summed E-state index contributed by atoms with van der Waals surface area (Å²) in [5, 5.41) is 13.3. The van der Waals surface area contributed by atoms with Gasteiger partial charge in [0.1, 0.15) is 5.60 Å². The van der Waals surface area contributed by atoms with E-state index in [1.165, 1.54) is 16.7 Å². The lowest BCUT2D eigenvalue weighted by atomic mass is 9.75. The van der Waals surface area contributed by atoms with E-state index in [-0.39, 0.29) is 0 Å². The van der Waals surface area contributed by atoms with Gasteiger partial charge in [0, 0.05) is 10.6 Å². The molecule has 0 saturated carbocycles. The van der Waals surface area contributed by atoms with Gasteiger partial charge < -0.3 is 5.11 Å². The minimum Gasteiger partial charge on any atom is -0.376 e. The normalized spacial score (nSPS) is 17.7. The zero-order chi connectivity index (χ0) is 20.7. The summed E-state index contributed by atoms with van der Waals surface area (Å²) in [6.07, 6.45) is 1.83. The number of benzene rings is 4. The molecule has 0 aliphatic heterocycles. The Hall–Kier alpha value is -2.87. The van der Waals surface area contributed by atoms with Crippen LogP contribution in [0.4, 0.5) is 0 Å². The molecule has 2 heteroatoms. The zero-order valence-electron chi connectivity index (χ0n) is 16.9. The molecule has 4 aromatic rings. The van der Waals surface area contributed by atoms with Gasteiger partial charge in [-0.1, -0.05) is 96.0 Å². The van der Waals surface area contributed by atoms with Crippen LogP contribution in [0.25, 0.3) is 11.1 Å². The SMILES string of the molecule is Cc1ccc2c(c1)CCc1ccccc1C2(O)c1ccccc1-c1ccc(Cl)cc1. The van der Waals surface area contributed by atoms with E-state index in [1.807, 2.05) is 42.5 Å². The van der Waals surface area contributed by atoms with Crippen LogP contribution in [0.3, 0.4) is 0 Å². The van der Waals surface area contributed by atoms with Crippen LogP contribution < -0.4 is 0 Å². The third kappa shape index (κ3) is 3.06. The number of aliphatic hydroxyl groups is 1. The summed E-state index contributed by atoms with van der Waals surface area (Å²) in [6.45, 7) is 2.11. The number of hydrogen-bond acceptors (Lipinski definition) is 1. The smallest absolute Gasteiger partial charge is 0.141 e. The Morgan fingerprint density at radius 3 is 2.13 bits per heavy atom. The molecule has 1 unspecified atom stereocenters. The van der Waals surface area contributed by atoms with E-state index in [4.69, 9.17) is 11.6 Å². The molecule has 0 heterocycles. The zero-order valence-corrected chi connectivity index (χ0v) is 17.7. The highest BCUT2D eigenvalue weighted by atomic mass is 35.5. The molecule has 30 heavy (non-hydrogen) atoms. The van der Waals surface area contributed by atoms with Crippen molar-refractivity contribution in [3.05, 3.63) is 129 Å². The predicted octanol–water partition coefficient (Wildman–Crippen LogP) is 6.70. The Labute approximate surface area is 182 Å². The van der Waals surface area contributed by atoms with Gasteiger partial charge in [0.05, 0.1) is 0 Å². The quantitative estimate of drug-likeness (QED) is 0.390. The second-order valence-corrected chi connectivity index (χ2v) is 8.52. The lowest BCUT2D eigenvalue weighted by molar-refractivity contribution is 0.125. The molecule has 1 atom stereocenters. The van der Waals surface area contributed by atoms with Gasteiger partial charge in [0.15, 0.2) is 0 Å². The molecule has 0 saturated heterocycles. The molecule has 0 aromatic heterocycles. The first kappa shape index (κ1) is 19.1. The molecular weight excluding hydrogens is 388 g/mol. The highest BCUT2D eigenvalue weighted by Crippen LogP contribution is 2.46. The Balaban J connectivity index is 1.84. The number of halogens is 1. The van der Waals surface area contributed by atoms with Crippen molar-refractivity contribution in [2.75, 3.05) is 0 Å². The van der Waals surface area contributed by atoms with E-state index < -0.39 is 5.60 Å². The lowest BCUT2D eigenvalue weighted by Gasteiger charge is -2.33. The second-order valence-electron chi connectivity index (χ2n) is 8.08. The van der Waals surface area contributed by atoms with Crippen molar-refractivity contribution in [3.63, 3.8) is 0 Å². The molecule has 0 amide bonds. The molecular formula is C28H23ClO. The van der Waals surface area contributed by atoms with Gasteiger partial charge in [-0.25, -0.2) is 0 Å². The lowest BCUT2D eigenvalue weighted by Crippen LogP contribution is -2.31. The maximum Gasteiger partial charge on any atom is 0.141 e. The highest BCUT2D eigenvalue weighted by molar-refractivity contribution is 6.30. The second kappa shape index (κ2) is 7.43. The fraction of sp³-hybridized carbons (Fsp3) is 0.143. The van der Waals surface area contributed by atoms with Gasteiger partial charge in [0.25, 0.3) is 0 Å². The van der Waals surface area contributed by atoms with Crippen molar-refractivity contribution in [3.8, 4) is 11.1 Å². The van der Waals surface area contributed by atoms with Gasteiger partial charge in [-0.15, -0.1) is 0 Å². The van der Waals surface area contributed by atoms with Crippen LogP contribution in [0.5, 0.6) is 0 Å². The Morgan fingerprint density at radius 2 is 1.33 bits per heavy atom. The minimum absolute atomic E-state index is 0.704. The Morgan fingerprint density at radius 1 is 0.700 bits per heavy atom. The summed E-state index contributed by atoms with van der Waals surface area (Å²) in [7, 11) is 0. The van der Waals surface area contributed by atoms with Gasteiger partial charge in [0.2, 0.25) is 0 Å². The van der Waals surface area contributed by atoms with Crippen molar-refractivity contribution in [2.45, 2.75) is 25.4 Å². The first-order valence-electron chi connectivity index (χ1n) is 10.3. The number of rotatable bonds is 2. The highest BCUT2D eigenvalue weighted by Gasteiger charge is 2.40. The average Bonchev–Trinajstić information content (AvgIpc) is 2.90. The first-order chi connectivity index (χ1) is 14.6. The summed E-state index contributed by atoms with van der Waals surface area (Å²) in [5.74, 6) is 0. The van der Waals surface area contributed by atoms with Crippen molar-refractivity contribution < 1.29 is 5.11 Å². The van der Waals surface area contributed by atoms with E-state index in [0.717, 1.165) is 40.7 Å². The minimum atomic E-state index is -1.23. The molecule has 0 bridgehead atoms. The fourth-order valence-electron chi connectivity index (χ4n) is 4.76. The molecule has 1 aliphatic carbocycles. The maximum absolute atomic E-state index is 12.6. The van der Waals surface area contributed by atoms with E-state index in [0.29, 0.717) is 5.02 Å². The topological polar surface area (TPSA) is 20.2 Å². The summed E-state index contributed by atoms with van der Waals surface area (Å²) >= 11 is 6.14. The molecule has 0 radical (unpaired) electrons. The molecule has 0 spiro atoms. The maximum atomic E-state index is 12.6. The van der Waals surface area contributed by atoms with Gasteiger partial charge in [-0.3, -0.25) is 0 Å². The van der Waals surface area contributed by atoms with E-state index >= 15 is 0 Å². The molecule has 1 aliphatic rings. The van der Waals surface area contributed by atoms with E-state index in [1.54, 1.807) is 0 Å². The number of hydrogen-bond donors (Lipinski definition) is 1. The van der Waals surface area contributed by atoms with Gasteiger partial charge >= 0.3 is 0 Å². The van der Waals surface area contributed by atoms with Gasteiger partial charge in [-0.05, 0) is 65.3 Å². The summed E-state index contributed by atoms with van der Waals surface area (Å²) in [5.41, 5.74) is 7.28. The standard InChI is InChI=1S/C28H23ClO/c1-19-10-17-26-22(18-19)12-11-21-6-2-4-8-25(21)28(26,30)27-9-5-3-7-24(27)20-13-15-23(29)16-14-20/h2-10,13-18,30H,11-12H2,1H3. The van der Waals surface area contributed by atoms with Crippen LogP contribution in [0.15, 0.2) is 91.0 Å². The molecule has 4 aromatic carbocycles.